The van der Waals surface area contributed by atoms with Crippen LogP contribution in [0.25, 0.3) is 0 Å². The van der Waals surface area contributed by atoms with Crippen LogP contribution in [0.3, 0.4) is 0 Å². The van der Waals surface area contributed by atoms with Crippen LogP contribution < -0.4 is 5.32 Å². The van der Waals surface area contributed by atoms with Crippen molar-refractivity contribution in [2.75, 3.05) is 6.54 Å². The zero-order valence-corrected chi connectivity index (χ0v) is 13.1. The first-order valence-corrected chi connectivity index (χ1v) is 7.50. The van der Waals surface area contributed by atoms with Crippen molar-refractivity contribution in [1.82, 2.24) is 10.2 Å². The van der Waals surface area contributed by atoms with E-state index in [1.165, 1.54) is 0 Å². The molecule has 0 spiro atoms. The fourth-order valence-electron chi connectivity index (χ4n) is 2.61. The van der Waals surface area contributed by atoms with E-state index in [9.17, 15) is 9.59 Å². The van der Waals surface area contributed by atoms with Gasteiger partial charge in [0, 0.05) is 18.1 Å². The van der Waals surface area contributed by atoms with Crippen LogP contribution >= 0.6 is 0 Å². The molecule has 2 N–H and O–H groups in total. The van der Waals surface area contributed by atoms with Crippen LogP contribution in [0.5, 0.6) is 0 Å². The summed E-state index contributed by atoms with van der Waals surface area (Å²) in [5.74, 6) is -0.132. The monoisotopic (exact) mass is 284 g/mol. The van der Waals surface area contributed by atoms with Crippen molar-refractivity contribution < 1.29 is 14.7 Å². The molecule has 1 fully saturated rings. The van der Waals surface area contributed by atoms with Crippen molar-refractivity contribution in [2.45, 2.75) is 71.4 Å². The maximum atomic E-state index is 12.4. The highest BCUT2D eigenvalue weighted by molar-refractivity contribution is 5.76. The highest BCUT2D eigenvalue weighted by Gasteiger charge is 2.29. The second-order valence-electron chi connectivity index (χ2n) is 6.87. The molecule has 1 saturated carbocycles. The van der Waals surface area contributed by atoms with E-state index in [-0.39, 0.29) is 30.6 Å². The summed E-state index contributed by atoms with van der Waals surface area (Å²) in [6.07, 6.45) is 4.31. The molecular formula is C15H28N2O3. The minimum atomic E-state index is -0.876. The van der Waals surface area contributed by atoms with E-state index in [1.54, 1.807) is 4.90 Å². The molecule has 0 aromatic carbocycles. The molecule has 2 amide bonds. The van der Waals surface area contributed by atoms with Crippen molar-refractivity contribution >= 4 is 12.0 Å². The van der Waals surface area contributed by atoms with Gasteiger partial charge in [0.2, 0.25) is 0 Å². The first kappa shape index (κ1) is 16.8. The predicted molar refractivity (Wildman–Crippen MR) is 78.7 cm³/mol. The fraction of sp³-hybridized carbons (Fsp3) is 0.867. The predicted octanol–water partition coefficient (Wildman–Crippen LogP) is 2.85. The summed E-state index contributed by atoms with van der Waals surface area (Å²) >= 11 is 0. The molecule has 1 rings (SSSR count). The van der Waals surface area contributed by atoms with E-state index < -0.39 is 5.97 Å². The molecule has 1 aliphatic rings. The van der Waals surface area contributed by atoms with Crippen LogP contribution in [0.1, 0.15) is 59.8 Å². The number of aliphatic carboxylic acids is 1. The summed E-state index contributed by atoms with van der Waals surface area (Å²) in [6.45, 7) is 8.27. The third kappa shape index (κ3) is 5.39. The van der Waals surface area contributed by atoms with Crippen molar-refractivity contribution in [2.24, 2.45) is 5.92 Å². The van der Waals surface area contributed by atoms with Crippen molar-refractivity contribution in [3.05, 3.63) is 0 Å². The molecule has 0 heterocycles. The van der Waals surface area contributed by atoms with Gasteiger partial charge >= 0.3 is 12.0 Å². The van der Waals surface area contributed by atoms with E-state index in [0.29, 0.717) is 0 Å². The number of amides is 2. The molecule has 0 saturated heterocycles. The maximum Gasteiger partial charge on any atom is 0.318 e. The van der Waals surface area contributed by atoms with Gasteiger partial charge in [0.25, 0.3) is 0 Å². The molecule has 0 unspecified atom stereocenters. The van der Waals surface area contributed by atoms with Crippen LogP contribution in [0, 0.1) is 5.92 Å². The van der Waals surface area contributed by atoms with E-state index >= 15 is 0 Å². The quantitative estimate of drug-likeness (QED) is 0.834. The molecule has 0 radical (unpaired) electrons. The minimum Gasteiger partial charge on any atom is -0.481 e. The second-order valence-corrected chi connectivity index (χ2v) is 6.87. The molecule has 0 aliphatic heterocycles. The number of urea groups is 1. The molecule has 20 heavy (non-hydrogen) atoms. The Kier molecular flexibility index (Phi) is 5.84. The standard InChI is InChI=1S/C15H28N2O3/c1-11-5-7-12(8-6-11)16-14(20)17(15(2,3)4)10-9-13(18)19/h11-12H,5-10H2,1-4H3,(H,16,20)(H,18,19). The van der Waals surface area contributed by atoms with Crippen molar-refractivity contribution in [3.63, 3.8) is 0 Å². The third-order valence-electron chi connectivity index (χ3n) is 3.95. The Morgan fingerprint density at radius 1 is 1.20 bits per heavy atom. The Bertz CT molecular complexity index is 342. The Balaban J connectivity index is 2.56. The Morgan fingerprint density at radius 2 is 1.75 bits per heavy atom. The van der Waals surface area contributed by atoms with Gasteiger partial charge < -0.3 is 15.3 Å². The number of rotatable bonds is 4. The summed E-state index contributed by atoms with van der Waals surface area (Å²) in [4.78, 5) is 24.7. The number of nitrogens with zero attached hydrogens (tertiary/aromatic N) is 1. The summed E-state index contributed by atoms with van der Waals surface area (Å²) in [7, 11) is 0. The van der Waals surface area contributed by atoms with Gasteiger partial charge in [0.05, 0.1) is 6.42 Å². The van der Waals surface area contributed by atoms with E-state index in [4.69, 9.17) is 5.11 Å². The van der Waals surface area contributed by atoms with Crippen LogP contribution in [0.4, 0.5) is 4.79 Å². The van der Waals surface area contributed by atoms with Gasteiger partial charge in [-0.2, -0.15) is 0 Å². The lowest BCUT2D eigenvalue weighted by molar-refractivity contribution is -0.137. The maximum absolute atomic E-state index is 12.4. The summed E-state index contributed by atoms with van der Waals surface area (Å²) in [5, 5.41) is 11.9. The Morgan fingerprint density at radius 3 is 2.20 bits per heavy atom. The largest absolute Gasteiger partial charge is 0.481 e. The van der Waals surface area contributed by atoms with Gasteiger partial charge in [-0.1, -0.05) is 6.92 Å². The summed E-state index contributed by atoms with van der Waals surface area (Å²) in [5.41, 5.74) is -0.374. The number of carboxylic acid groups (broad SMARTS) is 1. The normalized spacial score (nSPS) is 23.2. The topological polar surface area (TPSA) is 69.6 Å². The number of carbonyl (C=O) groups is 2. The highest BCUT2D eigenvalue weighted by Crippen LogP contribution is 2.24. The Hall–Kier alpha value is -1.26. The lowest BCUT2D eigenvalue weighted by atomic mass is 9.87. The van der Waals surface area contributed by atoms with Gasteiger partial charge in [-0.3, -0.25) is 4.79 Å². The van der Waals surface area contributed by atoms with Crippen LogP contribution in [-0.2, 0) is 4.79 Å². The van der Waals surface area contributed by atoms with Gasteiger partial charge in [-0.25, -0.2) is 4.79 Å². The third-order valence-corrected chi connectivity index (χ3v) is 3.95. The number of hydrogen-bond donors (Lipinski definition) is 2. The smallest absolute Gasteiger partial charge is 0.318 e. The van der Waals surface area contributed by atoms with E-state index in [1.807, 2.05) is 20.8 Å². The zero-order chi connectivity index (χ0) is 15.3. The summed E-state index contributed by atoms with van der Waals surface area (Å²) < 4.78 is 0. The molecule has 0 aromatic rings. The van der Waals surface area contributed by atoms with Crippen LogP contribution in [0.15, 0.2) is 0 Å². The number of carbonyl (C=O) groups excluding carboxylic acids is 1. The van der Waals surface area contributed by atoms with Crippen molar-refractivity contribution in [1.29, 1.82) is 0 Å². The number of nitrogens with one attached hydrogen (secondary N) is 1. The molecular weight excluding hydrogens is 256 g/mol. The van der Waals surface area contributed by atoms with E-state index in [0.717, 1.165) is 31.6 Å². The SMILES string of the molecule is CC1CCC(NC(=O)N(CCC(=O)O)C(C)(C)C)CC1. The van der Waals surface area contributed by atoms with Crippen LogP contribution in [-0.4, -0.2) is 40.1 Å². The van der Waals surface area contributed by atoms with Crippen LogP contribution in [0.2, 0.25) is 0 Å². The lowest BCUT2D eigenvalue weighted by Gasteiger charge is -2.37. The lowest BCUT2D eigenvalue weighted by Crippen LogP contribution is -2.53. The van der Waals surface area contributed by atoms with E-state index in [2.05, 4.69) is 12.2 Å². The second kappa shape index (κ2) is 6.95. The first-order valence-electron chi connectivity index (χ1n) is 7.50. The molecule has 1 aliphatic carbocycles. The summed E-state index contributed by atoms with van der Waals surface area (Å²) in [6, 6.07) is 0.0895. The van der Waals surface area contributed by atoms with Crippen molar-refractivity contribution in [3.8, 4) is 0 Å². The van der Waals surface area contributed by atoms with Gasteiger partial charge in [0.1, 0.15) is 0 Å². The molecule has 0 atom stereocenters. The number of hydrogen-bond acceptors (Lipinski definition) is 2. The average molecular weight is 284 g/mol. The molecule has 116 valence electrons. The molecule has 0 bridgehead atoms. The Labute approximate surface area is 121 Å². The zero-order valence-electron chi connectivity index (χ0n) is 13.1. The minimum absolute atomic E-state index is 0.0214. The fourth-order valence-corrected chi connectivity index (χ4v) is 2.61. The molecule has 5 nitrogen and oxygen atoms in total. The van der Waals surface area contributed by atoms with Gasteiger partial charge in [-0.05, 0) is 52.4 Å². The average Bonchev–Trinajstić information content (AvgIpc) is 2.30. The number of carboxylic acids is 1. The molecule has 0 aromatic heterocycles. The van der Waals surface area contributed by atoms with Gasteiger partial charge in [-0.15, -0.1) is 0 Å². The van der Waals surface area contributed by atoms with Gasteiger partial charge in [0.15, 0.2) is 0 Å². The molecule has 5 heteroatoms. The first-order chi connectivity index (χ1) is 9.20. The highest BCUT2D eigenvalue weighted by atomic mass is 16.4.